The monoisotopic (exact) mass is 217 g/mol. The summed E-state index contributed by atoms with van der Waals surface area (Å²) in [4.78, 5) is 11.5. The standard InChI is InChI=1S/C11H23NO3/c1-5-6-7-12-9(8-13)10(14)15-11(2,3)4/h9,12-13H,5-8H2,1-4H3/t9-/m0/s1. The van der Waals surface area contributed by atoms with Crippen molar-refractivity contribution in [2.24, 2.45) is 0 Å². The maximum atomic E-state index is 11.5. The van der Waals surface area contributed by atoms with Crippen LogP contribution in [0.1, 0.15) is 40.5 Å². The van der Waals surface area contributed by atoms with Gasteiger partial charge in [-0.15, -0.1) is 0 Å². The molecule has 0 aliphatic rings. The molecule has 4 heteroatoms. The molecule has 0 aromatic heterocycles. The van der Waals surface area contributed by atoms with E-state index in [2.05, 4.69) is 12.2 Å². The second-order valence-electron chi connectivity index (χ2n) is 4.58. The number of hydrogen-bond donors (Lipinski definition) is 2. The van der Waals surface area contributed by atoms with Gasteiger partial charge in [0.2, 0.25) is 0 Å². The number of unbranched alkanes of at least 4 members (excludes halogenated alkanes) is 1. The normalized spacial score (nSPS) is 13.7. The van der Waals surface area contributed by atoms with Crippen molar-refractivity contribution in [3.05, 3.63) is 0 Å². The molecule has 0 saturated carbocycles. The van der Waals surface area contributed by atoms with E-state index < -0.39 is 11.6 Å². The summed E-state index contributed by atoms with van der Waals surface area (Å²) in [6, 6.07) is -0.601. The van der Waals surface area contributed by atoms with E-state index in [0.717, 1.165) is 19.4 Å². The van der Waals surface area contributed by atoms with E-state index in [0.29, 0.717) is 0 Å². The van der Waals surface area contributed by atoms with Gasteiger partial charge in [0.05, 0.1) is 6.61 Å². The van der Waals surface area contributed by atoms with E-state index >= 15 is 0 Å². The van der Waals surface area contributed by atoms with Crippen LogP contribution in [0.15, 0.2) is 0 Å². The molecular formula is C11H23NO3. The second kappa shape index (κ2) is 6.80. The number of hydrogen-bond acceptors (Lipinski definition) is 4. The molecule has 0 aromatic rings. The molecule has 0 unspecified atom stereocenters. The first-order valence-corrected chi connectivity index (χ1v) is 5.47. The summed E-state index contributed by atoms with van der Waals surface area (Å²) in [5.74, 6) is -0.388. The molecule has 0 radical (unpaired) electrons. The highest BCUT2D eigenvalue weighted by Gasteiger charge is 2.23. The van der Waals surface area contributed by atoms with E-state index in [4.69, 9.17) is 9.84 Å². The van der Waals surface area contributed by atoms with Crippen molar-refractivity contribution in [1.29, 1.82) is 0 Å². The van der Waals surface area contributed by atoms with Crippen LogP contribution in [0.3, 0.4) is 0 Å². The maximum absolute atomic E-state index is 11.5. The number of nitrogens with one attached hydrogen (secondary N) is 1. The number of ether oxygens (including phenoxy) is 1. The maximum Gasteiger partial charge on any atom is 0.326 e. The molecule has 4 nitrogen and oxygen atoms in total. The van der Waals surface area contributed by atoms with Crippen molar-refractivity contribution in [2.45, 2.75) is 52.2 Å². The van der Waals surface area contributed by atoms with Crippen molar-refractivity contribution in [2.75, 3.05) is 13.2 Å². The highest BCUT2D eigenvalue weighted by atomic mass is 16.6. The molecular weight excluding hydrogens is 194 g/mol. The first kappa shape index (κ1) is 14.4. The minimum Gasteiger partial charge on any atom is -0.459 e. The summed E-state index contributed by atoms with van der Waals surface area (Å²) < 4.78 is 5.16. The number of carbonyl (C=O) groups is 1. The van der Waals surface area contributed by atoms with Crippen LogP contribution in [-0.2, 0) is 9.53 Å². The molecule has 0 saturated heterocycles. The van der Waals surface area contributed by atoms with Gasteiger partial charge in [0.25, 0.3) is 0 Å². The summed E-state index contributed by atoms with van der Waals surface area (Å²) in [6.07, 6.45) is 2.04. The quantitative estimate of drug-likeness (QED) is 0.516. The Labute approximate surface area is 92.0 Å². The van der Waals surface area contributed by atoms with Gasteiger partial charge in [0.15, 0.2) is 0 Å². The Hall–Kier alpha value is -0.610. The third-order valence-electron chi connectivity index (χ3n) is 1.79. The number of aliphatic hydroxyl groups excluding tert-OH is 1. The number of aliphatic hydroxyl groups is 1. The zero-order valence-electron chi connectivity index (χ0n) is 10.2. The second-order valence-corrected chi connectivity index (χ2v) is 4.58. The number of rotatable bonds is 6. The Kier molecular flexibility index (Phi) is 6.52. The first-order chi connectivity index (χ1) is 6.90. The smallest absolute Gasteiger partial charge is 0.326 e. The summed E-state index contributed by atoms with van der Waals surface area (Å²) in [5, 5.41) is 12.0. The molecule has 2 N–H and O–H groups in total. The lowest BCUT2D eigenvalue weighted by Crippen LogP contribution is -2.44. The van der Waals surface area contributed by atoms with Gasteiger partial charge in [-0.05, 0) is 33.7 Å². The van der Waals surface area contributed by atoms with E-state index in [-0.39, 0.29) is 12.6 Å². The molecule has 0 amide bonds. The van der Waals surface area contributed by atoms with Crippen LogP contribution in [0.25, 0.3) is 0 Å². The van der Waals surface area contributed by atoms with Gasteiger partial charge in [-0.1, -0.05) is 13.3 Å². The topological polar surface area (TPSA) is 58.6 Å². The fourth-order valence-corrected chi connectivity index (χ4v) is 1.05. The molecule has 0 rings (SSSR count). The average Bonchev–Trinajstić information content (AvgIpc) is 2.09. The van der Waals surface area contributed by atoms with Crippen LogP contribution in [0, 0.1) is 0 Å². The fraction of sp³-hybridized carbons (Fsp3) is 0.909. The zero-order chi connectivity index (χ0) is 11.9. The minimum atomic E-state index is -0.601. The summed E-state index contributed by atoms with van der Waals surface area (Å²) in [5.41, 5.74) is -0.503. The Morgan fingerprint density at radius 2 is 2.07 bits per heavy atom. The fourth-order valence-electron chi connectivity index (χ4n) is 1.05. The van der Waals surface area contributed by atoms with Gasteiger partial charge in [0.1, 0.15) is 11.6 Å². The van der Waals surface area contributed by atoms with E-state index in [1.54, 1.807) is 0 Å². The lowest BCUT2D eigenvalue weighted by atomic mass is 10.2. The van der Waals surface area contributed by atoms with Crippen molar-refractivity contribution >= 4 is 5.97 Å². The SMILES string of the molecule is CCCCN[C@@H](CO)C(=O)OC(C)(C)C. The van der Waals surface area contributed by atoms with Gasteiger partial charge >= 0.3 is 5.97 Å². The predicted octanol–water partition coefficient (Wildman–Crippen LogP) is 1.08. The van der Waals surface area contributed by atoms with Crippen molar-refractivity contribution in [3.8, 4) is 0 Å². The van der Waals surface area contributed by atoms with Crippen LogP contribution in [0.2, 0.25) is 0 Å². The highest BCUT2D eigenvalue weighted by Crippen LogP contribution is 2.08. The summed E-state index contributed by atoms with van der Waals surface area (Å²) in [7, 11) is 0. The molecule has 0 fully saturated rings. The molecule has 0 bridgehead atoms. The van der Waals surface area contributed by atoms with Gasteiger partial charge < -0.3 is 15.2 Å². The van der Waals surface area contributed by atoms with Crippen LogP contribution in [-0.4, -0.2) is 35.9 Å². The van der Waals surface area contributed by atoms with Crippen molar-refractivity contribution < 1.29 is 14.6 Å². The Morgan fingerprint density at radius 3 is 2.47 bits per heavy atom. The van der Waals surface area contributed by atoms with Crippen LogP contribution in [0.4, 0.5) is 0 Å². The molecule has 15 heavy (non-hydrogen) atoms. The van der Waals surface area contributed by atoms with Gasteiger partial charge in [-0.2, -0.15) is 0 Å². The average molecular weight is 217 g/mol. The van der Waals surface area contributed by atoms with Crippen LogP contribution >= 0.6 is 0 Å². The highest BCUT2D eigenvalue weighted by molar-refractivity contribution is 5.76. The van der Waals surface area contributed by atoms with Crippen LogP contribution < -0.4 is 5.32 Å². The predicted molar refractivity (Wildman–Crippen MR) is 59.6 cm³/mol. The van der Waals surface area contributed by atoms with Crippen LogP contribution in [0.5, 0.6) is 0 Å². The van der Waals surface area contributed by atoms with Crippen molar-refractivity contribution in [3.63, 3.8) is 0 Å². The molecule has 0 aromatic carbocycles. The summed E-state index contributed by atoms with van der Waals surface area (Å²) in [6.45, 7) is 8.00. The number of esters is 1. The Morgan fingerprint density at radius 1 is 1.47 bits per heavy atom. The minimum absolute atomic E-state index is 0.224. The van der Waals surface area contributed by atoms with Gasteiger partial charge in [-0.3, -0.25) is 4.79 Å². The lowest BCUT2D eigenvalue weighted by Gasteiger charge is -2.23. The third-order valence-corrected chi connectivity index (χ3v) is 1.79. The Balaban J connectivity index is 3.99. The molecule has 0 heterocycles. The number of carbonyl (C=O) groups excluding carboxylic acids is 1. The third kappa shape index (κ3) is 7.33. The van der Waals surface area contributed by atoms with E-state index in [9.17, 15) is 4.79 Å². The van der Waals surface area contributed by atoms with E-state index in [1.807, 2.05) is 20.8 Å². The van der Waals surface area contributed by atoms with Gasteiger partial charge in [0, 0.05) is 0 Å². The van der Waals surface area contributed by atoms with Crippen molar-refractivity contribution in [1.82, 2.24) is 5.32 Å². The molecule has 1 atom stereocenters. The molecule has 0 aliphatic heterocycles. The van der Waals surface area contributed by atoms with E-state index in [1.165, 1.54) is 0 Å². The first-order valence-electron chi connectivity index (χ1n) is 5.47. The largest absolute Gasteiger partial charge is 0.459 e. The van der Waals surface area contributed by atoms with Gasteiger partial charge in [-0.25, -0.2) is 0 Å². The molecule has 0 aliphatic carbocycles. The lowest BCUT2D eigenvalue weighted by molar-refractivity contribution is -0.158. The molecule has 0 spiro atoms. The zero-order valence-corrected chi connectivity index (χ0v) is 10.2. The molecule has 90 valence electrons. The Bertz CT molecular complexity index is 187. The summed E-state index contributed by atoms with van der Waals surface area (Å²) >= 11 is 0.